The van der Waals surface area contributed by atoms with Gasteiger partial charge in [-0.15, -0.1) is 11.8 Å². The lowest BCUT2D eigenvalue weighted by Gasteiger charge is -2.12. The molecule has 0 aromatic heterocycles. The van der Waals surface area contributed by atoms with E-state index in [4.69, 9.17) is 5.11 Å². The molecule has 0 spiro atoms. The van der Waals surface area contributed by atoms with Gasteiger partial charge in [-0.2, -0.15) is 0 Å². The van der Waals surface area contributed by atoms with Gasteiger partial charge in [-0.3, -0.25) is 4.79 Å². The molecule has 0 fully saturated rings. The molecule has 1 aromatic carbocycles. The van der Waals surface area contributed by atoms with E-state index in [-0.39, 0.29) is 11.7 Å². The molecule has 19 heavy (non-hydrogen) atoms. The summed E-state index contributed by atoms with van der Waals surface area (Å²) in [6, 6.07) is 5.02. The van der Waals surface area contributed by atoms with Gasteiger partial charge in [0.05, 0.1) is 5.75 Å². The minimum Gasteiger partial charge on any atom is -0.480 e. The normalized spacial score (nSPS) is 11.9. The first-order valence-corrected chi connectivity index (χ1v) is 7.63. The minimum absolute atomic E-state index is 0.215. The van der Waals surface area contributed by atoms with Crippen molar-refractivity contribution in [2.75, 3.05) is 5.75 Å². The highest BCUT2D eigenvalue weighted by molar-refractivity contribution is 9.10. The highest BCUT2D eigenvalue weighted by Gasteiger charge is 2.17. The van der Waals surface area contributed by atoms with Crippen LogP contribution in [0.4, 0.5) is 0 Å². The maximum Gasteiger partial charge on any atom is 0.326 e. The smallest absolute Gasteiger partial charge is 0.326 e. The van der Waals surface area contributed by atoms with Crippen LogP contribution in [0.1, 0.15) is 18.9 Å². The monoisotopic (exact) mass is 345 g/mol. The number of thioether (sulfide) groups is 1. The van der Waals surface area contributed by atoms with Crippen LogP contribution in [0.15, 0.2) is 27.6 Å². The molecule has 0 saturated heterocycles. The maximum atomic E-state index is 11.7. The first kappa shape index (κ1) is 16.0. The van der Waals surface area contributed by atoms with Crippen molar-refractivity contribution in [1.29, 1.82) is 0 Å². The Morgan fingerprint density at radius 3 is 2.68 bits per heavy atom. The lowest BCUT2D eigenvalue weighted by Crippen LogP contribution is -2.41. The van der Waals surface area contributed by atoms with Crippen LogP contribution >= 0.6 is 27.7 Å². The molecule has 0 aliphatic heterocycles. The average Bonchev–Trinajstić information content (AvgIpc) is 2.34. The van der Waals surface area contributed by atoms with Crippen molar-refractivity contribution in [2.45, 2.75) is 31.2 Å². The van der Waals surface area contributed by atoms with Crippen LogP contribution in [0.3, 0.4) is 0 Å². The summed E-state index contributed by atoms with van der Waals surface area (Å²) in [6.07, 6.45) is 0.378. The number of rotatable bonds is 6. The standard InChI is InChI=1S/C13H16BrNO3S/c1-3-10(13(17)18)15-12(16)7-19-11-5-4-9(14)6-8(11)2/h4-6,10H,3,7H2,1-2H3,(H,15,16)(H,17,18)/t10-/m0/s1. The zero-order valence-corrected chi connectivity index (χ0v) is 13.2. The van der Waals surface area contributed by atoms with Gasteiger partial charge < -0.3 is 10.4 Å². The van der Waals surface area contributed by atoms with Crippen molar-refractivity contribution in [3.8, 4) is 0 Å². The van der Waals surface area contributed by atoms with Gasteiger partial charge in [0.1, 0.15) is 6.04 Å². The minimum atomic E-state index is -0.999. The number of carbonyl (C=O) groups excluding carboxylic acids is 1. The first-order chi connectivity index (χ1) is 8.93. The third-order valence-electron chi connectivity index (χ3n) is 2.54. The highest BCUT2D eigenvalue weighted by atomic mass is 79.9. The molecule has 0 unspecified atom stereocenters. The Morgan fingerprint density at radius 1 is 1.47 bits per heavy atom. The van der Waals surface area contributed by atoms with Crippen LogP contribution < -0.4 is 5.32 Å². The Labute approximate surface area is 125 Å². The Bertz CT molecular complexity index is 479. The summed E-state index contributed by atoms with van der Waals surface area (Å²) in [6.45, 7) is 3.70. The molecular formula is C13H16BrNO3S. The number of hydrogen-bond acceptors (Lipinski definition) is 3. The lowest BCUT2D eigenvalue weighted by molar-refractivity contribution is -0.141. The van der Waals surface area contributed by atoms with E-state index in [0.29, 0.717) is 6.42 Å². The summed E-state index contributed by atoms with van der Waals surface area (Å²) in [5.74, 6) is -1.05. The zero-order valence-electron chi connectivity index (χ0n) is 10.8. The number of aliphatic carboxylic acids is 1. The largest absolute Gasteiger partial charge is 0.480 e. The first-order valence-electron chi connectivity index (χ1n) is 5.85. The van der Waals surface area contributed by atoms with Crippen LogP contribution in [0.5, 0.6) is 0 Å². The summed E-state index contributed by atoms with van der Waals surface area (Å²) in [7, 11) is 0. The SMILES string of the molecule is CC[C@H](NC(=O)CSc1ccc(Br)cc1C)C(=O)O. The maximum absolute atomic E-state index is 11.7. The van der Waals surface area contributed by atoms with Gasteiger partial charge in [0, 0.05) is 9.37 Å². The number of benzene rings is 1. The van der Waals surface area contributed by atoms with E-state index in [0.717, 1.165) is 14.9 Å². The Hall–Kier alpha value is -1.01. The molecule has 0 saturated carbocycles. The number of amides is 1. The van der Waals surface area contributed by atoms with Gasteiger partial charge in [-0.05, 0) is 37.1 Å². The van der Waals surface area contributed by atoms with Gasteiger partial charge in [-0.1, -0.05) is 22.9 Å². The van der Waals surface area contributed by atoms with Gasteiger partial charge in [0.25, 0.3) is 0 Å². The lowest BCUT2D eigenvalue weighted by atomic mass is 10.2. The molecule has 4 nitrogen and oxygen atoms in total. The Kier molecular flexibility index (Phi) is 6.37. The molecule has 1 amide bonds. The molecule has 0 radical (unpaired) electrons. The number of carbonyl (C=O) groups is 2. The molecule has 6 heteroatoms. The second-order valence-electron chi connectivity index (χ2n) is 4.07. The number of halogens is 1. The summed E-state index contributed by atoms with van der Waals surface area (Å²) < 4.78 is 0.996. The molecule has 0 aliphatic rings. The number of nitrogens with one attached hydrogen (secondary N) is 1. The highest BCUT2D eigenvalue weighted by Crippen LogP contribution is 2.25. The molecule has 104 valence electrons. The molecule has 0 heterocycles. The Morgan fingerprint density at radius 2 is 2.16 bits per heavy atom. The molecule has 0 aliphatic carbocycles. The Balaban J connectivity index is 2.52. The van der Waals surface area contributed by atoms with Crippen molar-refractivity contribution < 1.29 is 14.7 Å². The molecule has 0 bridgehead atoms. The average molecular weight is 346 g/mol. The van der Waals surface area contributed by atoms with Crippen molar-refractivity contribution in [3.63, 3.8) is 0 Å². The second kappa shape index (κ2) is 7.55. The fourth-order valence-electron chi connectivity index (χ4n) is 1.49. The van der Waals surface area contributed by atoms with Gasteiger partial charge >= 0.3 is 5.97 Å². The number of carboxylic acids is 1. The van der Waals surface area contributed by atoms with Crippen LogP contribution in [0.25, 0.3) is 0 Å². The molecule has 1 atom stereocenters. The predicted octanol–water partition coefficient (Wildman–Crippen LogP) is 2.83. The number of carboxylic acid groups (broad SMARTS) is 1. The van der Waals surface area contributed by atoms with Crippen molar-refractivity contribution in [2.24, 2.45) is 0 Å². The van der Waals surface area contributed by atoms with E-state index in [1.165, 1.54) is 11.8 Å². The van der Waals surface area contributed by atoms with E-state index in [2.05, 4.69) is 21.2 Å². The van der Waals surface area contributed by atoms with E-state index in [9.17, 15) is 9.59 Å². The molecule has 1 rings (SSSR count). The third kappa shape index (κ3) is 5.24. The summed E-state index contributed by atoms with van der Waals surface area (Å²) >= 11 is 4.78. The summed E-state index contributed by atoms with van der Waals surface area (Å²) in [5, 5.41) is 11.4. The fraction of sp³-hybridized carbons (Fsp3) is 0.385. The molecule has 2 N–H and O–H groups in total. The van der Waals surface area contributed by atoms with E-state index < -0.39 is 12.0 Å². The number of aryl methyl sites for hydroxylation is 1. The van der Waals surface area contributed by atoms with Crippen LogP contribution in [-0.4, -0.2) is 28.8 Å². The molecular weight excluding hydrogens is 330 g/mol. The van der Waals surface area contributed by atoms with E-state index in [1.54, 1.807) is 6.92 Å². The predicted molar refractivity (Wildman–Crippen MR) is 79.5 cm³/mol. The summed E-state index contributed by atoms with van der Waals surface area (Å²) in [5.41, 5.74) is 1.08. The van der Waals surface area contributed by atoms with Gasteiger partial charge in [-0.25, -0.2) is 4.79 Å². The fourth-order valence-corrected chi connectivity index (χ4v) is 2.79. The van der Waals surface area contributed by atoms with E-state index in [1.807, 2.05) is 25.1 Å². The van der Waals surface area contributed by atoms with Crippen LogP contribution in [0, 0.1) is 6.92 Å². The van der Waals surface area contributed by atoms with Crippen LogP contribution in [-0.2, 0) is 9.59 Å². The quantitative estimate of drug-likeness (QED) is 0.778. The zero-order chi connectivity index (χ0) is 14.4. The van der Waals surface area contributed by atoms with Crippen LogP contribution in [0.2, 0.25) is 0 Å². The van der Waals surface area contributed by atoms with Crippen molar-refractivity contribution >= 4 is 39.6 Å². The third-order valence-corrected chi connectivity index (χ3v) is 4.21. The summed E-state index contributed by atoms with van der Waals surface area (Å²) in [4.78, 5) is 23.5. The van der Waals surface area contributed by atoms with E-state index >= 15 is 0 Å². The second-order valence-corrected chi connectivity index (χ2v) is 6.00. The topological polar surface area (TPSA) is 66.4 Å². The van der Waals surface area contributed by atoms with Crippen molar-refractivity contribution in [1.82, 2.24) is 5.32 Å². The molecule has 1 aromatic rings. The number of hydrogen-bond donors (Lipinski definition) is 2. The van der Waals surface area contributed by atoms with Gasteiger partial charge in [0.2, 0.25) is 5.91 Å². The van der Waals surface area contributed by atoms with Crippen molar-refractivity contribution in [3.05, 3.63) is 28.2 Å². The van der Waals surface area contributed by atoms with Gasteiger partial charge in [0.15, 0.2) is 0 Å².